The minimum Gasteiger partial charge on any atom is -0.493 e. The maximum Gasteiger partial charge on any atom is 0.125 e. The molecule has 2 nitrogen and oxygen atoms in total. The Morgan fingerprint density at radius 2 is 1.35 bits per heavy atom. The molecule has 0 aliphatic carbocycles. The number of hydrogen-bond acceptors (Lipinski definition) is 2. The predicted octanol–water partition coefficient (Wildman–Crippen LogP) is 4.35. The summed E-state index contributed by atoms with van der Waals surface area (Å²) in [5.41, 5.74) is 1.11. The van der Waals surface area contributed by atoms with Crippen LogP contribution in [0.15, 0.2) is 18.2 Å². The van der Waals surface area contributed by atoms with E-state index in [4.69, 9.17) is 9.47 Å². The Hall–Kier alpha value is -1.18. The van der Waals surface area contributed by atoms with E-state index in [0.717, 1.165) is 56.0 Å². The van der Waals surface area contributed by atoms with Crippen molar-refractivity contribution in [1.29, 1.82) is 0 Å². The van der Waals surface area contributed by atoms with E-state index in [1.807, 2.05) is 18.2 Å². The third kappa shape index (κ3) is 4.68. The Balaban J connectivity index is 2.56. The fraction of sp³-hybridized carbons (Fsp3) is 0.600. The fourth-order valence-electron chi connectivity index (χ4n) is 1.56. The zero-order valence-corrected chi connectivity index (χ0v) is 11.3. The van der Waals surface area contributed by atoms with E-state index in [-0.39, 0.29) is 0 Å². The maximum atomic E-state index is 5.74. The number of benzene rings is 1. The van der Waals surface area contributed by atoms with Gasteiger partial charge in [0.25, 0.3) is 0 Å². The second kappa shape index (κ2) is 7.99. The van der Waals surface area contributed by atoms with Crippen molar-refractivity contribution in [3.8, 4) is 11.5 Å². The Bertz CT molecular complexity index is 292. The molecule has 17 heavy (non-hydrogen) atoms. The molecule has 0 saturated carbocycles. The Morgan fingerprint density at radius 3 is 1.76 bits per heavy atom. The molecule has 0 aliphatic rings. The lowest BCUT2D eigenvalue weighted by Gasteiger charge is -2.13. The number of ether oxygens (including phenoxy) is 2. The molecule has 0 heterocycles. The zero-order valence-electron chi connectivity index (χ0n) is 11.3. The van der Waals surface area contributed by atoms with Gasteiger partial charge in [-0.2, -0.15) is 0 Å². The summed E-state index contributed by atoms with van der Waals surface area (Å²) >= 11 is 0. The highest BCUT2D eigenvalue weighted by molar-refractivity contribution is 5.43. The molecule has 0 fully saturated rings. The number of rotatable bonds is 8. The van der Waals surface area contributed by atoms with Crippen LogP contribution in [0.4, 0.5) is 0 Å². The molecule has 1 aromatic carbocycles. The first-order chi connectivity index (χ1) is 8.29. The summed E-state index contributed by atoms with van der Waals surface area (Å²) in [6.45, 7) is 7.97. The zero-order chi connectivity index (χ0) is 12.5. The molecule has 96 valence electrons. The fourth-order valence-corrected chi connectivity index (χ4v) is 1.56. The highest BCUT2D eigenvalue weighted by atomic mass is 16.5. The van der Waals surface area contributed by atoms with Gasteiger partial charge in [0.15, 0.2) is 0 Å². The van der Waals surface area contributed by atoms with E-state index < -0.39 is 0 Å². The molecular formula is C15H24O2. The monoisotopic (exact) mass is 236 g/mol. The van der Waals surface area contributed by atoms with Crippen molar-refractivity contribution in [2.75, 3.05) is 13.2 Å². The van der Waals surface area contributed by atoms with Crippen LogP contribution in [0, 0.1) is 6.92 Å². The molecule has 0 spiro atoms. The molecule has 0 aliphatic heterocycles. The molecule has 0 aromatic heterocycles. The minimum atomic E-state index is 0.787. The third-order valence-corrected chi connectivity index (χ3v) is 2.75. The standard InChI is InChI=1S/C15H24O2/c1-4-6-11-16-14-9-8-10-15(13(14)3)17-12-7-5-2/h8-10H,4-7,11-12H2,1-3H3. The van der Waals surface area contributed by atoms with E-state index in [0.29, 0.717) is 0 Å². The summed E-state index contributed by atoms with van der Waals surface area (Å²) in [5, 5.41) is 0. The normalized spacial score (nSPS) is 10.3. The van der Waals surface area contributed by atoms with Crippen molar-refractivity contribution < 1.29 is 9.47 Å². The molecule has 1 aromatic rings. The van der Waals surface area contributed by atoms with Crippen molar-refractivity contribution in [2.24, 2.45) is 0 Å². The summed E-state index contributed by atoms with van der Waals surface area (Å²) < 4.78 is 11.5. The van der Waals surface area contributed by atoms with Crippen LogP contribution >= 0.6 is 0 Å². The van der Waals surface area contributed by atoms with Gasteiger partial charge in [0.1, 0.15) is 11.5 Å². The van der Waals surface area contributed by atoms with Crippen LogP contribution in [0.5, 0.6) is 11.5 Å². The van der Waals surface area contributed by atoms with Gasteiger partial charge in [0.05, 0.1) is 13.2 Å². The smallest absolute Gasteiger partial charge is 0.125 e. The second-order valence-corrected chi connectivity index (χ2v) is 4.28. The summed E-state index contributed by atoms with van der Waals surface area (Å²) in [6.07, 6.45) is 4.51. The number of unbranched alkanes of at least 4 members (excludes halogenated alkanes) is 2. The molecule has 0 radical (unpaired) electrons. The van der Waals surface area contributed by atoms with Crippen LogP contribution < -0.4 is 9.47 Å². The topological polar surface area (TPSA) is 18.5 Å². The largest absolute Gasteiger partial charge is 0.493 e. The molecule has 2 heteroatoms. The van der Waals surface area contributed by atoms with Crippen LogP contribution in [0.3, 0.4) is 0 Å². The van der Waals surface area contributed by atoms with E-state index in [1.54, 1.807) is 0 Å². The SMILES string of the molecule is CCCCOc1cccc(OCCCC)c1C. The lowest BCUT2D eigenvalue weighted by molar-refractivity contribution is 0.290. The number of hydrogen-bond donors (Lipinski definition) is 0. The first-order valence-corrected chi connectivity index (χ1v) is 6.64. The maximum absolute atomic E-state index is 5.74. The van der Waals surface area contributed by atoms with Crippen LogP contribution in [0.2, 0.25) is 0 Å². The Kier molecular flexibility index (Phi) is 6.53. The van der Waals surface area contributed by atoms with Crippen molar-refractivity contribution in [3.05, 3.63) is 23.8 Å². The van der Waals surface area contributed by atoms with Crippen molar-refractivity contribution in [2.45, 2.75) is 46.5 Å². The molecule has 0 amide bonds. The molecule has 0 atom stereocenters. The van der Waals surface area contributed by atoms with Gasteiger partial charge in [-0.3, -0.25) is 0 Å². The van der Waals surface area contributed by atoms with Gasteiger partial charge >= 0.3 is 0 Å². The van der Waals surface area contributed by atoms with E-state index in [2.05, 4.69) is 20.8 Å². The first kappa shape index (κ1) is 13.9. The van der Waals surface area contributed by atoms with Crippen LogP contribution in [-0.2, 0) is 0 Å². The molecular weight excluding hydrogens is 212 g/mol. The quantitative estimate of drug-likeness (QED) is 0.625. The minimum absolute atomic E-state index is 0.787. The highest BCUT2D eigenvalue weighted by Gasteiger charge is 2.05. The molecule has 0 saturated heterocycles. The second-order valence-electron chi connectivity index (χ2n) is 4.28. The van der Waals surface area contributed by atoms with Gasteiger partial charge in [0.2, 0.25) is 0 Å². The summed E-state index contributed by atoms with van der Waals surface area (Å²) in [5.74, 6) is 1.90. The van der Waals surface area contributed by atoms with Gasteiger partial charge in [-0.15, -0.1) is 0 Å². The van der Waals surface area contributed by atoms with Gasteiger partial charge in [0, 0.05) is 5.56 Å². The van der Waals surface area contributed by atoms with Crippen LogP contribution in [0.25, 0.3) is 0 Å². The third-order valence-electron chi connectivity index (χ3n) is 2.75. The van der Waals surface area contributed by atoms with Gasteiger partial charge in [-0.05, 0) is 31.9 Å². The molecule has 0 bridgehead atoms. The average Bonchev–Trinajstić information content (AvgIpc) is 2.34. The Morgan fingerprint density at radius 1 is 0.882 bits per heavy atom. The lowest BCUT2D eigenvalue weighted by atomic mass is 10.2. The van der Waals surface area contributed by atoms with Crippen LogP contribution in [0.1, 0.15) is 45.1 Å². The first-order valence-electron chi connectivity index (χ1n) is 6.64. The summed E-state index contributed by atoms with van der Waals surface area (Å²) in [6, 6.07) is 6.02. The van der Waals surface area contributed by atoms with Gasteiger partial charge < -0.3 is 9.47 Å². The summed E-state index contributed by atoms with van der Waals surface area (Å²) in [7, 11) is 0. The van der Waals surface area contributed by atoms with E-state index in [1.165, 1.54) is 0 Å². The van der Waals surface area contributed by atoms with E-state index >= 15 is 0 Å². The average molecular weight is 236 g/mol. The summed E-state index contributed by atoms with van der Waals surface area (Å²) in [4.78, 5) is 0. The molecule has 0 N–H and O–H groups in total. The van der Waals surface area contributed by atoms with Crippen molar-refractivity contribution in [1.82, 2.24) is 0 Å². The van der Waals surface area contributed by atoms with Crippen molar-refractivity contribution >= 4 is 0 Å². The predicted molar refractivity (Wildman–Crippen MR) is 72.0 cm³/mol. The highest BCUT2D eigenvalue weighted by Crippen LogP contribution is 2.27. The molecule has 0 unspecified atom stereocenters. The van der Waals surface area contributed by atoms with Crippen molar-refractivity contribution in [3.63, 3.8) is 0 Å². The van der Waals surface area contributed by atoms with Gasteiger partial charge in [-0.1, -0.05) is 32.8 Å². The Labute approximate surface area is 105 Å². The van der Waals surface area contributed by atoms with Gasteiger partial charge in [-0.25, -0.2) is 0 Å². The van der Waals surface area contributed by atoms with E-state index in [9.17, 15) is 0 Å². The molecule has 1 rings (SSSR count). The van der Waals surface area contributed by atoms with Crippen LogP contribution in [-0.4, -0.2) is 13.2 Å². The lowest BCUT2D eigenvalue weighted by Crippen LogP contribution is -2.02.